The quantitative estimate of drug-likeness (QED) is 0.656. The van der Waals surface area contributed by atoms with Crippen LogP contribution >= 0.6 is 0 Å². The summed E-state index contributed by atoms with van der Waals surface area (Å²) in [4.78, 5) is 2.07. The van der Waals surface area contributed by atoms with E-state index >= 15 is 0 Å². The van der Waals surface area contributed by atoms with Gasteiger partial charge in [0.05, 0.1) is 0 Å². The molecule has 0 atom stereocenters. The summed E-state index contributed by atoms with van der Waals surface area (Å²) < 4.78 is 0. The van der Waals surface area contributed by atoms with E-state index in [2.05, 4.69) is 29.2 Å². The van der Waals surface area contributed by atoms with E-state index in [1.165, 1.54) is 5.69 Å². The van der Waals surface area contributed by atoms with Gasteiger partial charge in [0.25, 0.3) is 0 Å². The van der Waals surface area contributed by atoms with Gasteiger partial charge in [-0.2, -0.15) is 0 Å². The molecule has 0 aliphatic rings. The van der Waals surface area contributed by atoms with Crippen molar-refractivity contribution in [3.63, 3.8) is 0 Å². The minimum atomic E-state index is -1.41. The summed E-state index contributed by atoms with van der Waals surface area (Å²) in [6, 6.07) is 15.4. The predicted octanol–water partition coefficient (Wildman–Crippen LogP) is 2.16. The second kappa shape index (κ2) is 7.64. The van der Waals surface area contributed by atoms with Gasteiger partial charge in [0.1, 0.15) is 0 Å². The molecule has 0 aliphatic heterocycles. The summed E-state index contributed by atoms with van der Waals surface area (Å²) in [7, 11) is 2.63. The highest BCUT2D eigenvalue weighted by atomic mass is 16.4. The summed E-state index contributed by atoms with van der Waals surface area (Å²) in [5, 5.41) is 18.1. The zero-order valence-corrected chi connectivity index (χ0v) is 12.8. The van der Waals surface area contributed by atoms with E-state index in [0.29, 0.717) is 5.46 Å². The SMILES string of the molecule is CN(C)c1ccc(C=CC=Cc2ccc(B(O)O)cc2)cc1. The van der Waals surface area contributed by atoms with Crippen molar-refractivity contribution >= 4 is 30.4 Å². The normalized spacial score (nSPS) is 11.3. The molecule has 0 aliphatic carbocycles. The second-order valence-corrected chi connectivity index (χ2v) is 5.24. The van der Waals surface area contributed by atoms with Gasteiger partial charge in [-0.1, -0.05) is 60.7 Å². The summed E-state index contributed by atoms with van der Waals surface area (Å²) in [6.45, 7) is 0. The predicted molar refractivity (Wildman–Crippen MR) is 95.1 cm³/mol. The van der Waals surface area contributed by atoms with Gasteiger partial charge in [0.2, 0.25) is 0 Å². The van der Waals surface area contributed by atoms with Crippen LogP contribution in [-0.2, 0) is 0 Å². The largest absolute Gasteiger partial charge is 0.488 e. The monoisotopic (exact) mass is 293 g/mol. The molecule has 2 N–H and O–H groups in total. The van der Waals surface area contributed by atoms with Gasteiger partial charge in [0, 0.05) is 19.8 Å². The average molecular weight is 293 g/mol. The molecule has 0 radical (unpaired) electrons. The first-order valence-corrected chi connectivity index (χ1v) is 7.14. The zero-order chi connectivity index (χ0) is 15.9. The van der Waals surface area contributed by atoms with Gasteiger partial charge in [-0.25, -0.2) is 0 Å². The fourth-order valence-corrected chi connectivity index (χ4v) is 2.00. The van der Waals surface area contributed by atoms with Gasteiger partial charge < -0.3 is 14.9 Å². The summed E-state index contributed by atoms with van der Waals surface area (Å²) in [5.74, 6) is 0. The number of anilines is 1. The lowest BCUT2D eigenvalue weighted by Crippen LogP contribution is -2.29. The van der Waals surface area contributed by atoms with Crippen molar-refractivity contribution in [2.75, 3.05) is 19.0 Å². The van der Waals surface area contributed by atoms with E-state index in [-0.39, 0.29) is 0 Å². The lowest BCUT2D eigenvalue weighted by molar-refractivity contribution is 0.426. The molecule has 0 saturated heterocycles. The van der Waals surface area contributed by atoms with Crippen molar-refractivity contribution in [3.8, 4) is 0 Å². The van der Waals surface area contributed by atoms with Crippen molar-refractivity contribution in [2.45, 2.75) is 0 Å². The van der Waals surface area contributed by atoms with E-state index in [1.54, 1.807) is 12.1 Å². The number of allylic oxidation sites excluding steroid dienone is 2. The summed E-state index contributed by atoms with van der Waals surface area (Å²) in [6.07, 6.45) is 7.96. The van der Waals surface area contributed by atoms with Gasteiger partial charge >= 0.3 is 7.12 Å². The van der Waals surface area contributed by atoms with Gasteiger partial charge in [-0.15, -0.1) is 0 Å². The van der Waals surface area contributed by atoms with Gasteiger partial charge in [-0.05, 0) is 28.7 Å². The molecule has 0 heterocycles. The number of rotatable bonds is 5. The first kappa shape index (κ1) is 16.1. The standard InChI is InChI=1S/C18H20BNO2/c1-20(2)18-13-9-16(10-14-18)6-4-3-5-15-7-11-17(12-8-15)19(21)22/h3-14,21-22H,1-2H3. The van der Waals surface area contributed by atoms with E-state index in [0.717, 1.165) is 11.1 Å². The highest BCUT2D eigenvalue weighted by molar-refractivity contribution is 6.58. The van der Waals surface area contributed by atoms with Crippen LogP contribution in [0.15, 0.2) is 60.7 Å². The Labute approximate surface area is 132 Å². The number of benzene rings is 2. The van der Waals surface area contributed by atoms with Crippen LogP contribution in [0.3, 0.4) is 0 Å². The molecule has 0 unspecified atom stereocenters. The fraction of sp³-hybridized carbons (Fsp3) is 0.111. The third-order valence-corrected chi connectivity index (χ3v) is 3.33. The van der Waals surface area contributed by atoms with E-state index in [1.807, 2.05) is 50.5 Å². The topological polar surface area (TPSA) is 43.7 Å². The third kappa shape index (κ3) is 4.62. The van der Waals surface area contributed by atoms with Crippen molar-refractivity contribution in [3.05, 3.63) is 71.8 Å². The Morgan fingerprint density at radius 1 is 0.773 bits per heavy atom. The Morgan fingerprint density at radius 2 is 1.23 bits per heavy atom. The van der Waals surface area contributed by atoms with Crippen LogP contribution in [-0.4, -0.2) is 31.3 Å². The van der Waals surface area contributed by atoms with E-state index in [4.69, 9.17) is 10.0 Å². The van der Waals surface area contributed by atoms with Crippen LogP contribution in [0.2, 0.25) is 0 Å². The molecule has 0 aromatic heterocycles. The molecular formula is C18H20BNO2. The lowest BCUT2D eigenvalue weighted by atomic mass is 9.80. The van der Waals surface area contributed by atoms with E-state index < -0.39 is 7.12 Å². The second-order valence-electron chi connectivity index (χ2n) is 5.24. The summed E-state index contributed by atoms with van der Waals surface area (Å²) in [5.41, 5.74) is 3.83. The van der Waals surface area contributed by atoms with Gasteiger partial charge in [-0.3, -0.25) is 0 Å². The van der Waals surface area contributed by atoms with Crippen molar-refractivity contribution < 1.29 is 10.0 Å². The smallest absolute Gasteiger partial charge is 0.423 e. The highest BCUT2D eigenvalue weighted by Crippen LogP contribution is 2.13. The molecule has 2 rings (SSSR count). The van der Waals surface area contributed by atoms with Crippen molar-refractivity contribution in [1.29, 1.82) is 0 Å². The molecule has 0 bridgehead atoms. The molecule has 112 valence electrons. The first-order chi connectivity index (χ1) is 10.6. The van der Waals surface area contributed by atoms with Crippen molar-refractivity contribution in [2.24, 2.45) is 0 Å². The molecule has 22 heavy (non-hydrogen) atoms. The maximum atomic E-state index is 9.03. The lowest BCUT2D eigenvalue weighted by Gasteiger charge is -2.11. The Morgan fingerprint density at radius 3 is 1.64 bits per heavy atom. The molecule has 0 fully saturated rings. The highest BCUT2D eigenvalue weighted by Gasteiger charge is 2.08. The van der Waals surface area contributed by atoms with Crippen LogP contribution in [0, 0.1) is 0 Å². The van der Waals surface area contributed by atoms with Crippen LogP contribution in [0.25, 0.3) is 12.2 Å². The Balaban J connectivity index is 1.96. The average Bonchev–Trinajstić information content (AvgIpc) is 2.52. The third-order valence-electron chi connectivity index (χ3n) is 3.33. The zero-order valence-electron chi connectivity index (χ0n) is 12.8. The van der Waals surface area contributed by atoms with Crippen LogP contribution in [0.1, 0.15) is 11.1 Å². The van der Waals surface area contributed by atoms with Crippen LogP contribution < -0.4 is 10.4 Å². The minimum Gasteiger partial charge on any atom is -0.423 e. The number of nitrogens with zero attached hydrogens (tertiary/aromatic N) is 1. The molecular weight excluding hydrogens is 273 g/mol. The molecule has 4 heteroatoms. The molecule has 2 aromatic rings. The maximum Gasteiger partial charge on any atom is 0.488 e. The van der Waals surface area contributed by atoms with Gasteiger partial charge in [0.15, 0.2) is 0 Å². The number of hydrogen-bond donors (Lipinski definition) is 2. The number of hydrogen-bond acceptors (Lipinski definition) is 3. The molecule has 3 nitrogen and oxygen atoms in total. The summed E-state index contributed by atoms with van der Waals surface area (Å²) >= 11 is 0. The molecule has 0 amide bonds. The van der Waals surface area contributed by atoms with Crippen molar-refractivity contribution in [1.82, 2.24) is 0 Å². The molecule has 0 spiro atoms. The first-order valence-electron chi connectivity index (χ1n) is 7.14. The molecule has 0 saturated carbocycles. The minimum absolute atomic E-state index is 0.494. The maximum absolute atomic E-state index is 9.03. The van der Waals surface area contributed by atoms with Crippen LogP contribution in [0.4, 0.5) is 5.69 Å². The Bertz CT molecular complexity index is 584. The van der Waals surface area contributed by atoms with E-state index in [9.17, 15) is 0 Å². The molecule has 2 aromatic carbocycles. The van der Waals surface area contributed by atoms with Crippen LogP contribution in [0.5, 0.6) is 0 Å². The Hall–Kier alpha value is -2.30. The Kier molecular flexibility index (Phi) is 5.58. The fourth-order valence-electron chi connectivity index (χ4n) is 2.00.